The number of piperazine rings is 1. The summed E-state index contributed by atoms with van der Waals surface area (Å²) in [4.78, 5) is 17.2. The minimum atomic E-state index is 0.00187. The van der Waals surface area contributed by atoms with E-state index in [0.717, 1.165) is 29.4 Å². The van der Waals surface area contributed by atoms with Crippen LogP contribution in [0.2, 0.25) is 5.02 Å². The Morgan fingerprint density at radius 3 is 2.36 bits per heavy atom. The van der Waals surface area contributed by atoms with Gasteiger partial charge in [-0.1, -0.05) is 17.7 Å². The van der Waals surface area contributed by atoms with Crippen LogP contribution < -0.4 is 14.4 Å². The van der Waals surface area contributed by atoms with Crippen LogP contribution in [0.25, 0.3) is 0 Å². The van der Waals surface area contributed by atoms with Gasteiger partial charge in [-0.05, 0) is 42.8 Å². The predicted octanol–water partition coefficient (Wildman–Crippen LogP) is 4.05. The molecule has 1 heterocycles. The Labute approximate surface area is 171 Å². The number of anilines is 1. The summed E-state index contributed by atoms with van der Waals surface area (Å²) >= 11 is 5.97. The molecule has 2 aromatic rings. The van der Waals surface area contributed by atoms with E-state index in [1.165, 1.54) is 0 Å². The molecule has 0 N–H and O–H groups in total. The van der Waals surface area contributed by atoms with Crippen molar-refractivity contribution in [2.24, 2.45) is 0 Å². The Morgan fingerprint density at radius 2 is 1.79 bits per heavy atom. The van der Waals surface area contributed by atoms with Gasteiger partial charge < -0.3 is 19.3 Å². The fraction of sp³-hybridized carbons (Fsp3) is 0.318. The van der Waals surface area contributed by atoms with E-state index in [-0.39, 0.29) is 5.91 Å². The van der Waals surface area contributed by atoms with Gasteiger partial charge in [0.1, 0.15) is 0 Å². The summed E-state index contributed by atoms with van der Waals surface area (Å²) in [5, 5.41) is 0.723. The SMILES string of the molecule is C=CCc1cc(C(=O)N2CCN(c3ccc(Cl)cc3)CC2)cc(OC)c1OC. The molecule has 0 unspecified atom stereocenters. The largest absolute Gasteiger partial charge is 0.493 e. The number of methoxy groups -OCH3 is 2. The first-order valence-electron chi connectivity index (χ1n) is 9.23. The zero-order valence-corrected chi connectivity index (χ0v) is 17.0. The van der Waals surface area contributed by atoms with Crippen LogP contribution >= 0.6 is 11.6 Å². The van der Waals surface area contributed by atoms with Crippen LogP contribution in [-0.4, -0.2) is 51.2 Å². The van der Waals surface area contributed by atoms with Crippen LogP contribution in [0.1, 0.15) is 15.9 Å². The van der Waals surface area contributed by atoms with Crippen molar-refractivity contribution in [2.45, 2.75) is 6.42 Å². The van der Waals surface area contributed by atoms with Gasteiger partial charge in [-0.25, -0.2) is 0 Å². The van der Waals surface area contributed by atoms with E-state index in [0.29, 0.717) is 36.6 Å². The number of halogens is 1. The van der Waals surface area contributed by atoms with Gasteiger partial charge in [-0.3, -0.25) is 4.79 Å². The molecule has 5 nitrogen and oxygen atoms in total. The second kappa shape index (κ2) is 9.02. The minimum Gasteiger partial charge on any atom is -0.493 e. The maximum absolute atomic E-state index is 13.1. The van der Waals surface area contributed by atoms with Gasteiger partial charge in [0.15, 0.2) is 11.5 Å². The van der Waals surface area contributed by atoms with Crippen molar-refractivity contribution in [3.8, 4) is 11.5 Å². The smallest absolute Gasteiger partial charge is 0.254 e. The highest BCUT2D eigenvalue weighted by Crippen LogP contribution is 2.33. The molecule has 1 fully saturated rings. The van der Waals surface area contributed by atoms with Crippen molar-refractivity contribution in [3.63, 3.8) is 0 Å². The Balaban J connectivity index is 1.75. The second-order valence-corrected chi connectivity index (χ2v) is 7.06. The van der Waals surface area contributed by atoms with E-state index in [4.69, 9.17) is 21.1 Å². The number of carbonyl (C=O) groups excluding carboxylic acids is 1. The predicted molar refractivity (Wildman–Crippen MR) is 113 cm³/mol. The standard InChI is InChI=1S/C22H25ClN2O3/c1-4-5-16-14-17(15-20(27-2)21(16)28-3)22(26)25-12-10-24(11-13-25)19-8-6-18(23)7-9-19/h4,6-9,14-15H,1,5,10-13H2,2-3H3. The van der Waals surface area contributed by atoms with E-state index >= 15 is 0 Å². The minimum absolute atomic E-state index is 0.00187. The summed E-state index contributed by atoms with van der Waals surface area (Å²) < 4.78 is 10.9. The van der Waals surface area contributed by atoms with Gasteiger partial charge in [0.05, 0.1) is 14.2 Å². The number of ether oxygens (including phenoxy) is 2. The zero-order chi connectivity index (χ0) is 20.1. The molecule has 0 bridgehead atoms. The first kappa shape index (κ1) is 20.1. The summed E-state index contributed by atoms with van der Waals surface area (Å²) in [6.45, 7) is 6.66. The van der Waals surface area contributed by atoms with Crippen LogP contribution in [0.15, 0.2) is 49.1 Å². The van der Waals surface area contributed by atoms with E-state index in [1.807, 2.05) is 35.2 Å². The number of rotatable bonds is 6. The highest BCUT2D eigenvalue weighted by Gasteiger charge is 2.24. The average molecular weight is 401 g/mol. The van der Waals surface area contributed by atoms with E-state index in [2.05, 4.69) is 11.5 Å². The maximum Gasteiger partial charge on any atom is 0.254 e. The highest BCUT2D eigenvalue weighted by molar-refractivity contribution is 6.30. The molecular weight excluding hydrogens is 376 g/mol. The highest BCUT2D eigenvalue weighted by atomic mass is 35.5. The molecule has 6 heteroatoms. The second-order valence-electron chi connectivity index (χ2n) is 6.62. The fourth-order valence-electron chi connectivity index (χ4n) is 3.48. The quantitative estimate of drug-likeness (QED) is 0.686. The molecule has 148 valence electrons. The zero-order valence-electron chi connectivity index (χ0n) is 16.3. The van der Waals surface area contributed by atoms with Crippen molar-refractivity contribution in [1.82, 2.24) is 4.90 Å². The number of amides is 1. The topological polar surface area (TPSA) is 42.0 Å². The monoisotopic (exact) mass is 400 g/mol. The first-order chi connectivity index (χ1) is 13.6. The molecular formula is C22H25ClN2O3. The molecule has 0 saturated carbocycles. The summed E-state index contributed by atoms with van der Waals surface area (Å²) in [5.41, 5.74) is 2.62. The van der Waals surface area contributed by atoms with Gasteiger partial charge in [0, 0.05) is 48.0 Å². The Bertz CT molecular complexity index is 844. The van der Waals surface area contributed by atoms with E-state index in [9.17, 15) is 4.79 Å². The molecule has 0 radical (unpaired) electrons. The molecule has 28 heavy (non-hydrogen) atoms. The third kappa shape index (κ3) is 4.25. The molecule has 1 saturated heterocycles. The molecule has 3 rings (SSSR count). The van der Waals surface area contributed by atoms with E-state index < -0.39 is 0 Å². The number of hydrogen-bond acceptors (Lipinski definition) is 4. The normalized spacial score (nSPS) is 14.0. The lowest BCUT2D eigenvalue weighted by molar-refractivity contribution is 0.0746. The molecule has 1 amide bonds. The molecule has 1 aliphatic rings. The Morgan fingerprint density at radius 1 is 1.11 bits per heavy atom. The number of hydrogen-bond donors (Lipinski definition) is 0. The maximum atomic E-state index is 13.1. The lowest BCUT2D eigenvalue weighted by Crippen LogP contribution is -2.48. The number of allylic oxidation sites excluding steroid dienone is 1. The lowest BCUT2D eigenvalue weighted by Gasteiger charge is -2.36. The van der Waals surface area contributed by atoms with Crippen molar-refractivity contribution in [2.75, 3.05) is 45.3 Å². The van der Waals surface area contributed by atoms with Gasteiger partial charge in [0.25, 0.3) is 5.91 Å². The molecule has 0 spiro atoms. The van der Waals surface area contributed by atoms with Gasteiger partial charge in [-0.2, -0.15) is 0 Å². The third-order valence-electron chi connectivity index (χ3n) is 4.93. The lowest BCUT2D eigenvalue weighted by atomic mass is 10.0. The summed E-state index contributed by atoms with van der Waals surface area (Å²) in [6, 6.07) is 11.4. The Kier molecular flexibility index (Phi) is 6.47. The van der Waals surface area contributed by atoms with Gasteiger partial charge in [-0.15, -0.1) is 6.58 Å². The molecule has 1 aliphatic heterocycles. The van der Waals surface area contributed by atoms with E-state index in [1.54, 1.807) is 26.4 Å². The van der Waals surface area contributed by atoms with Crippen LogP contribution in [0.3, 0.4) is 0 Å². The van der Waals surface area contributed by atoms with Crippen molar-refractivity contribution >= 4 is 23.2 Å². The van der Waals surface area contributed by atoms with Crippen molar-refractivity contribution in [1.29, 1.82) is 0 Å². The molecule has 2 aromatic carbocycles. The number of carbonyl (C=O) groups is 1. The van der Waals surface area contributed by atoms with Crippen LogP contribution in [0.4, 0.5) is 5.69 Å². The summed E-state index contributed by atoms with van der Waals surface area (Å²) in [5.74, 6) is 1.21. The van der Waals surface area contributed by atoms with Crippen LogP contribution in [0, 0.1) is 0 Å². The fourth-order valence-corrected chi connectivity index (χ4v) is 3.60. The summed E-state index contributed by atoms with van der Waals surface area (Å²) in [6.07, 6.45) is 2.39. The van der Waals surface area contributed by atoms with Crippen molar-refractivity contribution < 1.29 is 14.3 Å². The van der Waals surface area contributed by atoms with Crippen LogP contribution in [-0.2, 0) is 6.42 Å². The molecule has 0 aromatic heterocycles. The van der Waals surface area contributed by atoms with Gasteiger partial charge >= 0.3 is 0 Å². The van der Waals surface area contributed by atoms with Gasteiger partial charge in [0.2, 0.25) is 0 Å². The molecule has 0 atom stereocenters. The van der Waals surface area contributed by atoms with Crippen LogP contribution in [0.5, 0.6) is 11.5 Å². The first-order valence-corrected chi connectivity index (χ1v) is 9.60. The van der Waals surface area contributed by atoms with Crippen molar-refractivity contribution in [3.05, 3.63) is 65.2 Å². The Hall–Kier alpha value is -2.66. The molecule has 0 aliphatic carbocycles. The number of benzene rings is 2. The summed E-state index contributed by atoms with van der Waals surface area (Å²) in [7, 11) is 3.18. The average Bonchev–Trinajstić information content (AvgIpc) is 2.73. The number of nitrogens with zero attached hydrogens (tertiary/aromatic N) is 2. The third-order valence-corrected chi connectivity index (χ3v) is 5.18.